The van der Waals surface area contributed by atoms with Gasteiger partial charge in [0.15, 0.2) is 9.84 Å². The molecule has 1 aliphatic heterocycles. The molecule has 1 heterocycles. The van der Waals surface area contributed by atoms with Crippen LogP contribution in [0.15, 0.2) is 23.1 Å². The van der Waals surface area contributed by atoms with E-state index in [9.17, 15) is 26.4 Å². The SMILES string of the molecule is CC(C)[C@@H]1CN(c2ccc(C(F)(F)F)c(S(C)(=O)=O)c2)CCN1C(=O)OC(C)(C)C. The maximum Gasteiger partial charge on any atom is 0.417 e. The Morgan fingerprint density at radius 2 is 1.77 bits per heavy atom. The minimum absolute atomic E-state index is 0.0594. The topological polar surface area (TPSA) is 66.9 Å². The van der Waals surface area contributed by atoms with Crippen LogP contribution in [0.2, 0.25) is 0 Å². The van der Waals surface area contributed by atoms with E-state index in [0.717, 1.165) is 18.4 Å². The molecule has 6 nitrogen and oxygen atoms in total. The lowest BCUT2D eigenvalue weighted by molar-refractivity contribution is -0.139. The molecule has 1 saturated heterocycles. The van der Waals surface area contributed by atoms with Crippen molar-refractivity contribution in [3.8, 4) is 0 Å². The minimum Gasteiger partial charge on any atom is -0.444 e. The number of benzene rings is 1. The Morgan fingerprint density at radius 1 is 1.17 bits per heavy atom. The molecule has 0 radical (unpaired) electrons. The molecule has 1 aliphatic rings. The van der Waals surface area contributed by atoms with E-state index in [1.165, 1.54) is 6.07 Å². The number of rotatable bonds is 3. The Balaban J connectivity index is 2.35. The van der Waals surface area contributed by atoms with Gasteiger partial charge in [-0.3, -0.25) is 0 Å². The fourth-order valence-electron chi connectivity index (χ4n) is 3.41. The Hall–Kier alpha value is -1.97. The summed E-state index contributed by atoms with van der Waals surface area (Å²) in [6.45, 7) is 10.2. The highest BCUT2D eigenvalue weighted by Gasteiger charge is 2.38. The predicted octanol–water partition coefficient (Wildman–Crippen LogP) is 4.19. The lowest BCUT2D eigenvalue weighted by Gasteiger charge is -2.44. The molecule has 10 heteroatoms. The standard InChI is InChI=1S/C20H29F3N2O4S/c1-13(2)16-12-24(9-10-25(16)18(26)29-19(3,4)5)14-7-8-15(20(21,22)23)17(11-14)30(6,27)28/h7-8,11,13,16H,9-10,12H2,1-6H3/t16-/m0/s1. The van der Waals surface area contributed by atoms with E-state index in [1.807, 2.05) is 13.8 Å². The number of carbonyl (C=O) groups is 1. The summed E-state index contributed by atoms with van der Waals surface area (Å²) in [5.74, 6) is 0.0594. The van der Waals surface area contributed by atoms with Crippen molar-refractivity contribution in [3.05, 3.63) is 23.8 Å². The van der Waals surface area contributed by atoms with Gasteiger partial charge in [-0.1, -0.05) is 13.8 Å². The maximum absolute atomic E-state index is 13.3. The smallest absolute Gasteiger partial charge is 0.417 e. The molecule has 2 rings (SSSR count). The van der Waals surface area contributed by atoms with Gasteiger partial charge < -0.3 is 14.5 Å². The van der Waals surface area contributed by atoms with Crippen molar-refractivity contribution in [2.75, 3.05) is 30.8 Å². The fraction of sp³-hybridized carbons (Fsp3) is 0.650. The second kappa shape index (κ2) is 8.28. The Labute approximate surface area is 175 Å². The number of ether oxygens (including phenoxy) is 1. The van der Waals surface area contributed by atoms with Crippen LogP contribution in [0.25, 0.3) is 0 Å². The molecule has 0 saturated carbocycles. The largest absolute Gasteiger partial charge is 0.444 e. The molecule has 1 aromatic carbocycles. The van der Waals surface area contributed by atoms with Gasteiger partial charge in [-0.25, -0.2) is 13.2 Å². The molecule has 0 unspecified atom stereocenters. The number of nitrogens with zero attached hydrogens (tertiary/aromatic N) is 2. The minimum atomic E-state index is -4.77. The zero-order valence-electron chi connectivity index (χ0n) is 18.1. The molecule has 170 valence electrons. The molecule has 0 N–H and O–H groups in total. The van der Waals surface area contributed by atoms with Gasteiger partial charge in [0.05, 0.1) is 16.5 Å². The molecule has 0 aliphatic carbocycles. The van der Waals surface area contributed by atoms with E-state index in [1.54, 1.807) is 30.6 Å². The molecule has 1 amide bonds. The van der Waals surface area contributed by atoms with Crippen molar-refractivity contribution < 1.29 is 31.1 Å². The van der Waals surface area contributed by atoms with E-state index in [4.69, 9.17) is 4.74 Å². The van der Waals surface area contributed by atoms with E-state index in [2.05, 4.69) is 0 Å². The van der Waals surface area contributed by atoms with E-state index < -0.39 is 38.2 Å². The monoisotopic (exact) mass is 450 g/mol. The van der Waals surface area contributed by atoms with Crippen molar-refractivity contribution in [1.29, 1.82) is 0 Å². The van der Waals surface area contributed by atoms with Crippen molar-refractivity contribution >= 4 is 21.6 Å². The molecular weight excluding hydrogens is 421 g/mol. The first-order valence-electron chi connectivity index (χ1n) is 9.66. The van der Waals surface area contributed by atoms with Crippen LogP contribution < -0.4 is 4.90 Å². The quantitative estimate of drug-likeness (QED) is 0.691. The van der Waals surface area contributed by atoms with Crippen LogP contribution in [0.5, 0.6) is 0 Å². The van der Waals surface area contributed by atoms with E-state index >= 15 is 0 Å². The third-order valence-electron chi connectivity index (χ3n) is 4.85. The van der Waals surface area contributed by atoms with Crippen LogP contribution in [0, 0.1) is 5.92 Å². The molecule has 0 bridgehead atoms. The lowest BCUT2D eigenvalue weighted by Crippen LogP contribution is -2.58. The summed E-state index contributed by atoms with van der Waals surface area (Å²) >= 11 is 0. The number of amides is 1. The first-order valence-corrected chi connectivity index (χ1v) is 11.6. The lowest BCUT2D eigenvalue weighted by atomic mass is 9.99. The van der Waals surface area contributed by atoms with Crippen LogP contribution in [-0.4, -0.2) is 56.9 Å². The average molecular weight is 451 g/mol. The predicted molar refractivity (Wildman–Crippen MR) is 108 cm³/mol. The zero-order valence-corrected chi connectivity index (χ0v) is 18.9. The number of hydrogen-bond donors (Lipinski definition) is 0. The van der Waals surface area contributed by atoms with Gasteiger partial charge in [-0.15, -0.1) is 0 Å². The summed E-state index contributed by atoms with van der Waals surface area (Å²) in [4.78, 5) is 15.3. The zero-order chi connectivity index (χ0) is 23.1. The number of anilines is 1. The summed E-state index contributed by atoms with van der Waals surface area (Å²) in [6, 6.07) is 2.91. The summed E-state index contributed by atoms with van der Waals surface area (Å²) < 4.78 is 69.2. The van der Waals surface area contributed by atoms with Crippen LogP contribution >= 0.6 is 0 Å². The molecule has 1 atom stereocenters. The van der Waals surface area contributed by atoms with Gasteiger partial charge in [-0.2, -0.15) is 13.2 Å². The fourth-order valence-corrected chi connectivity index (χ4v) is 4.33. The first-order chi connectivity index (χ1) is 13.5. The van der Waals surface area contributed by atoms with Gasteiger partial charge >= 0.3 is 12.3 Å². The number of sulfone groups is 1. The number of halogens is 3. The first kappa shape index (κ1) is 24.3. The molecular formula is C20H29F3N2O4S. The van der Waals surface area contributed by atoms with Crippen LogP contribution in [0.1, 0.15) is 40.2 Å². The Morgan fingerprint density at radius 3 is 2.23 bits per heavy atom. The number of alkyl halides is 3. The van der Waals surface area contributed by atoms with Gasteiger partial charge in [0.1, 0.15) is 5.60 Å². The Kier molecular flexibility index (Phi) is 6.71. The van der Waals surface area contributed by atoms with Gasteiger partial charge in [0.25, 0.3) is 0 Å². The third kappa shape index (κ3) is 5.80. The van der Waals surface area contributed by atoms with Crippen molar-refractivity contribution in [3.63, 3.8) is 0 Å². The maximum atomic E-state index is 13.3. The highest BCUT2D eigenvalue weighted by molar-refractivity contribution is 7.90. The summed E-state index contributed by atoms with van der Waals surface area (Å²) in [7, 11) is -4.08. The van der Waals surface area contributed by atoms with Crippen molar-refractivity contribution in [2.45, 2.75) is 57.3 Å². The number of hydrogen-bond acceptors (Lipinski definition) is 5. The second-order valence-electron chi connectivity index (χ2n) is 8.88. The third-order valence-corrected chi connectivity index (χ3v) is 5.99. The summed E-state index contributed by atoms with van der Waals surface area (Å²) in [6.07, 6.45) is -4.45. The van der Waals surface area contributed by atoms with Crippen molar-refractivity contribution in [1.82, 2.24) is 4.90 Å². The molecule has 1 fully saturated rings. The Bertz CT molecular complexity index is 892. The van der Waals surface area contributed by atoms with Crippen LogP contribution in [0.3, 0.4) is 0 Å². The normalized spacial score (nSPS) is 18.7. The summed E-state index contributed by atoms with van der Waals surface area (Å²) in [5, 5.41) is 0. The highest BCUT2D eigenvalue weighted by Crippen LogP contribution is 2.37. The van der Waals surface area contributed by atoms with Gasteiger partial charge in [-0.05, 0) is 44.9 Å². The molecule has 1 aromatic rings. The number of carbonyl (C=O) groups excluding carboxylic acids is 1. The second-order valence-corrected chi connectivity index (χ2v) is 10.9. The van der Waals surface area contributed by atoms with Crippen LogP contribution in [-0.2, 0) is 20.8 Å². The van der Waals surface area contributed by atoms with Crippen molar-refractivity contribution in [2.24, 2.45) is 5.92 Å². The summed E-state index contributed by atoms with van der Waals surface area (Å²) in [5.41, 5.74) is -1.45. The molecule has 30 heavy (non-hydrogen) atoms. The average Bonchev–Trinajstić information content (AvgIpc) is 2.57. The van der Waals surface area contributed by atoms with Gasteiger partial charge in [0.2, 0.25) is 0 Å². The van der Waals surface area contributed by atoms with Crippen LogP contribution in [0.4, 0.5) is 23.7 Å². The van der Waals surface area contributed by atoms with E-state index in [0.29, 0.717) is 25.3 Å². The molecule has 0 spiro atoms. The van der Waals surface area contributed by atoms with E-state index in [-0.39, 0.29) is 12.0 Å². The molecule has 0 aromatic heterocycles. The highest BCUT2D eigenvalue weighted by atomic mass is 32.2. The number of piperazine rings is 1. The van der Waals surface area contributed by atoms with Gasteiger partial charge in [0, 0.05) is 31.6 Å².